The van der Waals surface area contributed by atoms with Gasteiger partial charge in [-0.05, 0) is 25.5 Å². The number of rotatable bonds is 1. The Balaban J connectivity index is 0.000000980. The van der Waals surface area contributed by atoms with Crippen LogP contribution in [0.15, 0.2) is 12.1 Å². The van der Waals surface area contributed by atoms with Crippen molar-refractivity contribution in [2.45, 2.75) is 19.4 Å². The van der Waals surface area contributed by atoms with Crippen molar-refractivity contribution < 1.29 is 0 Å². The van der Waals surface area contributed by atoms with Crippen LogP contribution in [0, 0.1) is 6.92 Å². The van der Waals surface area contributed by atoms with E-state index < -0.39 is 0 Å². The second kappa shape index (κ2) is 4.57. The van der Waals surface area contributed by atoms with Crippen molar-refractivity contribution >= 4 is 18.2 Å². The lowest BCUT2D eigenvalue weighted by molar-refractivity contribution is 0.750. The summed E-state index contributed by atoms with van der Waals surface area (Å²) in [5.41, 5.74) is 6.75. The fourth-order valence-electron chi connectivity index (χ4n) is 1.56. The van der Waals surface area contributed by atoms with Crippen LogP contribution in [0.5, 0.6) is 0 Å². The normalized spacial score (nSPS) is 20.7. The van der Waals surface area contributed by atoms with Gasteiger partial charge in [0.05, 0.1) is 5.69 Å². The van der Waals surface area contributed by atoms with Crippen LogP contribution in [-0.4, -0.2) is 29.3 Å². The van der Waals surface area contributed by atoms with Crippen molar-refractivity contribution in [2.75, 3.05) is 18.0 Å². The van der Waals surface area contributed by atoms with Crippen LogP contribution >= 0.6 is 12.4 Å². The summed E-state index contributed by atoms with van der Waals surface area (Å²) < 4.78 is 0. The highest BCUT2D eigenvalue weighted by molar-refractivity contribution is 5.85. The smallest absolute Gasteiger partial charge is 0.151 e. The van der Waals surface area contributed by atoms with Gasteiger partial charge < -0.3 is 10.6 Å². The summed E-state index contributed by atoms with van der Waals surface area (Å²) in [6.07, 6.45) is 1.05. The highest BCUT2D eigenvalue weighted by atomic mass is 35.5. The Morgan fingerprint density at radius 3 is 2.71 bits per heavy atom. The maximum atomic E-state index is 5.80. The molecule has 0 unspecified atom stereocenters. The third-order valence-electron chi connectivity index (χ3n) is 2.33. The molecule has 14 heavy (non-hydrogen) atoms. The number of aryl methyl sites for hydroxylation is 1. The first-order chi connectivity index (χ1) is 6.25. The molecule has 0 radical (unpaired) electrons. The molecule has 0 aliphatic carbocycles. The summed E-state index contributed by atoms with van der Waals surface area (Å²) in [7, 11) is 0. The Morgan fingerprint density at radius 1 is 1.43 bits per heavy atom. The van der Waals surface area contributed by atoms with E-state index in [2.05, 4.69) is 15.1 Å². The molecule has 0 saturated carbocycles. The van der Waals surface area contributed by atoms with E-state index in [-0.39, 0.29) is 12.4 Å². The minimum atomic E-state index is 0. The fourth-order valence-corrected chi connectivity index (χ4v) is 1.56. The molecule has 0 aromatic carbocycles. The topological polar surface area (TPSA) is 55.0 Å². The predicted octanol–water partition coefficient (Wildman–Crippen LogP) is 0.744. The second-order valence-electron chi connectivity index (χ2n) is 3.53. The summed E-state index contributed by atoms with van der Waals surface area (Å²) in [6, 6.07) is 4.27. The van der Waals surface area contributed by atoms with Crippen LogP contribution in [0.1, 0.15) is 12.1 Å². The summed E-state index contributed by atoms with van der Waals surface area (Å²) in [6.45, 7) is 3.84. The van der Waals surface area contributed by atoms with Crippen LogP contribution in [0.2, 0.25) is 0 Å². The van der Waals surface area contributed by atoms with E-state index in [0.29, 0.717) is 6.04 Å². The number of nitrogens with two attached hydrogens (primary N) is 1. The summed E-state index contributed by atoms with van der Waals surface area (Å²) in [5, 5.41) is 8.13. The molecule has 78 valence electrons. The molecule has 2 rings (SSSR count). The zero-order valence-corrected chi connectivity index (χ0v) is 9.00. The van der Waals surface area contributed by atoms with Gasteiger partial charge in [0.1, 0.15) is 0 Å². The van der Waals surface area contributed by atoms with Gasteiger partial charge in [-0.15, -0.1) is 17.5 Å². The largest absolute Gasteiger partial charge is 0.354 e. The Labute approximate surface area is 89.9 Å². The lowest BCUT2D eigenvalue weighted by Gasteiger charge is -2.15. The molecule has 1 atom stereocenters. The molecule has 1 saturated heterocycles. The van der Waals surface area contributed by atoms with E-state index in [1.165, 1.54) is 0 Å². The van der Waals surface area contributed by atoms with Crippen LogP contribution in [0.25, 0.3) is 0 Å². The van der Waals surface area contributed by atoms with Gasteiger partial charge >= 0.3 is 0 Å². The van der Waals surface area contributed by atoms with Crippen molar-refractivity contribution in [3.05, 3.63) is 17.8 Å². The first kappa shape index (κ1) is 11.2. The van der Waals surface area contributed by atoms with Crippen LogP contribution in [-0.2, 0) is 0 Å². The van der Waals surface area contributed by atoms with Gasteiger partial charge in [0.15, 0.2) is 5.82 Å². The van der Waals surface area contributed by atoms with Gasteiger partial charge in [0.2, 0.25) is 0 Å². The molecule has 1 aromatic rings. The fraction of sp³-hybridized carbons (Fsp3) is 0.556. The number of aromatic nitrogens is 2. The number of hydrogen-bond donors (Lipinski definition) is 1. The van der Waals surface area contributed by atoms with Crippen LogP contribution in [0.3, 0.4) is 0 Å². The lowest BCUT2D eigenvalue weighted by Crippen LogP contribution is -2.27. The highest BCUT2D eigenvalue weighted by Gasteiger charge is 2.19. The number of hydrogen-bond acceptors (Lipinski definition) is 4. The molecule has 0 amide bonds. The van der Waals surface area contributed by atoms with E-state index in [4.69, 9.17) is 5.73 Å². The van der Waals surface area contributed by atoms with Crippen molar-refractivity contribution in [1.29, 1.82) is 0 Å². The third-order valence-corrected chi connectivity index (χ3v) is 2.33. The van der Waals surface area contributed by atoms with E-state index in [1.54, 1.807) is 0 Å². The minimum Gasteiger partial charge on any atom is -0.354 e. The van der Waals surface area contributed by atoms with Crippen LogP contribution < -0.4 is 10.6 Å². The molecule has 1 aromatic heterocycles. The van der Waals surface area contributed by atoms with Crippen LogP contribution in [0.4, 0.5) is 5.82 Å². The number of nitrogens with zero attached hydrogens (tertiary/aromatic N) is 3. The summed E-state index contributed by atoms with van der Waals surface area (Å²) in [4.78, 5) is 2.18. The van der Waals surface area contributed by atoms with Gasteiger partial charge in [-0.2, -0.15) is 5.10 Å². The molecule has 1 fully saturated rings. The molecule has 0 bridgehead atoms. The van der Waals surface area contributed by atoms with Gasteiger partial charge in [0.25, 0.3) is 0 Å². The van der Waals surface area contributed by atoms with E-state index >= 15 is 0 Å². The predicted molar refractivity (Wildman–Crippen MR) is 58.8 cm³/mol. The molecule has 1 aliphatic heterocycles. The number of halogens is 1. The van der Waals surface area contributed by atoms with Gasteiger partial charge in [0, 0.05) is 19.1 Å². The monoisotopic (exact) mass is 214 g/mol. The molecule has 2 N–H and O–H groups in total. The summed E-state index contributed by atoms with van der Waals surface area (Å²) >= 11 is 0. The quantitative estimate of drug-likeness (QED) is 0.750. The maximum Gasteiger partial charge on any atom is 0.151 e. The van der Waals surface area contributed by atoms with Gasteiger partial charge in [-0.25, -0.2) is 0 Å². The molecule has 2 heterocycles. The van der Waals surface area contributed by atoms with E-state index in [9.17, 15) is 0 Å². The SMILES string of the molecule is Cc1ccc(N2CC[C@H](N)C2)nn1.Cl. The van der Waals surface area contributed by atoms with Crippen molar-refractivity contribution in [2.24, 2.45) is 5.73 Å². The molecule has 1 aliphatic rings. The lowest BCUT2D eigenvalue weighted by atomic mass is 10.3. The average Bonchev–Trinajstić information content (AvgIpc) is 2.53. The minimum absolute atomic E-state index is 0. The third kappa shape index (κ3) is 2.33. The Kier molecular flexibility index (Phi) is 3.66. The Hall–Kier alpha value is -0.870. The van der Waals surface area contributed by atoms with E-state index in [1.807, 2.05) is 19.1 Å². The highest BCUT2D eigenvalue weighted by Crippen LogP contribution is 2.15. The standard InChI is InChI=1S/C9H14N4.ClH/c1-7-2-3-9(12-11-7)13-5-4-8(10)6-13;/h2-3,8H,4-6,10H2,1H3;1H/t8-;/m0./s1. The van der Waals surface area contributed by atoms with Crippen molar-refractivity contribution in [3.8, 4) is 0 Å². The van der Waals surface area contributed by atoms with E-state index in [0.717, 1.165) is 31.0 Å². The van der Waals surface area contributed by atoms with Crippen molar-refractivity contribution in [1.82, 2.24) is 10.2 Å². The first-order valence-corrected chi connectivity index (χ1v) is 4.56. The zero-order chi connectivity index (χ0) is 9.26. The van der Waals surface area contributed by atoms with Crippen molar-refractivity contribution in [3.63, 3.8) is 0 Å². The molecular weight excluding hydrogens is 200 g/mol. The van der Waals surface area contributed by atoms with Gasteiger partial charge in [-0.3, -0.25) is 0 Å². The summed E-state index contributed by atoms with van der Waals surface area (Å²) in [5.74, 6) is 0.943. The first-order valence-electron chi connectivity index (χ1n) is 4.56. The maximum absolute atomic E-state index is 5.80. The zero-order valence-electron chi connectivity index (χ0n) is 8.18. The Bertz CT molecular complexity index is 287. The molecule has 5 heteroatoms. The molecule has 0 spiro atoms. The Morgan fingerprint density at radius 2 is 2.21 bits per heavy atom. The second-order valence-corrected chi connectivity index (χ2v) is 3.53. The molecular formula is C9H15ClN4. The number of anilines is 1. The van der Waals surface area contributed by atoms with Gasteiger partial charge in [-0.1, -0.05) is 0 Å². The molecule has 4 nitrogen and oxygen atoms in total. The average molecular weight is 215 g/mol.